The highest BCUT2D eigenvalue weighted by molar-refractivity contribution is 5.92. The molecule has 1 nitrogen and oxygen atoms in total. The molecular weight excluding hydrogens is 196 g/mol. The molecule has 1 aromatic heterocycles. The molecule has 3 rings (SSSR count). The van der Waals surface area contributed by atoms with Crippen LogP contribution in [0.15, 0.2) is 59.0 Å². The van der Waals surface area contributed by atoms with Gasteiger partial charge in [0.1, 0.15) is 11.3 Å². The van der Waals surface area contributed by atoms with Crippen LogP contribution in [0.5, 0.6) is 0 Å². The summed E-state index contributed by atoms with van der Waals surface area (Å²) in [6.45, 7) is 1.98. The number of furan rings is 1. The van der Waals surface area contributed by atoms with Crippen molar-refractivity contribution < 1.29 is 4.42 Å². The van der Waals surface area contributed by atoms with E-state index >= 15 is 0 Å². The van der Waals surface area contributed by atoms with Crippen molar-refractivity contribution in [3.05, 3.63) is 60.4 Å². The quantitative estimate of drug-likeness (QED) is 0.577. The second-order valence-electron chi connectivity index (χ2n) is 3.95. The van der Waals surface area contributed by atoms with Gasteiger partial charge in [-0.2, -0.15) is 0 Å². The zero-order valence-electron chi connectivity index (χ0n) is 9.10. The normalized spacial score (nSPS) is 10.8. The van der Waals surface area contributed by atoms with Gasteiger partial charge in [0.2, 0.25) is 0 Å². The lowest BCUT2D eigenvalue weighted by atomic mass is 10.0. The summed E-state index contributed by atoms with van der Waals surface area (Å²) in [5.74, 6) is 0.957. The van der Waals surface area contributed by atoms with E-state index in [-0.39, 0.29) is 0 Å². The minimum atomic E-state index is 0.957. The number of hydrogen-bond donors (Lipinski definition) is 0. The number of aryl methyl sites for hydroxylation is 1. The standard InChI is InChI=1S/C15H12O/c1-11-10-13-8-5-9-14(15(13)16-11)12-6-3-2-4-7-12/h2-10H,1H3. The summed E-state index contributed by atoms with van der Waals surface area (Å²) in [6.07, 6.45) is 0. The summed E-state index contributed by atoms with van der Waals surface area (Å²) in [7, 11) is 0. The number of hydrogen-bond acceptors (Lipinski definition) is 1. The van der Waals surface area contributed by atoms with E-state index < -0.39 is 0 Å². The maximum atomic E-state index is 5.75. The lowest BCUT2D eigenvalue weighted by Gasteiger charge is -2.01. The molecule has 0 atom stereocenters. The predicted octanol–water partition coefficient (Wildman–Crippen LogP) is 4.41. The Morgan fingerprint density at radius 2 is 1.69 bits per heavy atom. The van der Waals surface area contributed by atoms with Crippen molar-refractivity contribution in [2.24, 2.45) is 0 Å². The molecule has 0 amide bonds. The molecule has 0 aliphatic heterocycles. The predicted molar refractivity (Wildman–Crippen MR) is 66.4 cm³/mol. The van der Waals surface area contributed by atoms with E-state index in [2.05, 4.69) is 36.4 Å². The molecule has 0 aliphatic rings. The Balaban J connectivity index is 2.31. The molecule has 3 aromatic rings. The van der Waals surface area contributed by atoms with Gasteiger partial charge >= 0.3 is 0 Å². The molecule has 0 N–H and O–H groups in total. The highest BCUT2D eigenvalue weighted by Gasteiger charge is 2.07. The first-order valence-electron chi connectivity index (χ1n) is 5.39. The number of fused-ring (bicyclic) bond motifs is 1. The molecule has 0 radical (unpaired) electrons. The van der Waals surface area contributed by atoms with E-state index in [1.165, 1.54) is 10.9 Å². The SMILES string of the molecule is Cc1cc2cccc(-c3ccccc3)c2o1. The fraction of sp³-hybridized carbons (Fsp3) is 0.0667. The number of rotatable bonds is 1. The van der Waals surface area contributed by atoms with E-state index in [1.807, 2.05) is 25.1 Å². The molecule has 1 heteroatoms. The molecule has 78 valence electrons. The van der Waals surface area contributed by atoms with Crippen LogP contribution >= 0.6 is 0 Å². The van der Waals surface area contributed by atoms with Crippen LogP contribution in [0, 0.1) is 6.92 Å². The van der Waals surface area contributed by atoms with Gasteiger partial charge in [-0.3, -0.25) is 0 Å². The van der Waals surface area contributed by atoms with Crippen molar-refractivity contribution in [2.45, 2.75) is 6.92 Å². The van der Waals surface area contributed by atoms with Crippen LogP contribution in [0.2, 0.25) is 0 Å². The lowest BCUT2D eigenvalue weighted by molar-refractivity contribution is 0.579. The summed E-state index contributed by atoms with van der Waals surface area (Å²) >= 11 is 0. The van der Waals surface area contributed by atoms with Crippen LogP contribution < -0.4 is 0 Å². The van der Waals surface area contributed by atoms with E-state index in [9.17, 15) is 0 Å². The average Bonchev–Trinajstić information content (AvgIpc) is 2.70. The zero-order valence-corrected chi connectivity index (χ0v) is 9.10. The lowest BCUT2D eigenvalue weighted by Crippen LogP contribution is -1.77. The first-order valence-corrected chi connectivity index (χ1v) is 5.39. The number of para-hydroxylation sites is 1. The van der Waals surface area contributed by atoms with Crippen molar-refractivity contribution >= 4 is 11.0 Å². The summed E-state index contributed by atoms with van der Waals surface area (Å²) in [4.78, 5) is 0. The molecule has 16 heavy (non-hydrogen) atoms. The number of benzene rings is 2. The fourth-order valence-electron chi connectivity index (χ4n) is 2.04. The third-order valence-corrected chi connectivity index (χ3v) is 2.75. The van der Waals surface area contributed by atoms with Crippen molar-refractivity contribution in [2.75, 3.05) is 0 Å². The van der Waals surface area contributed by atoms with Crippen molar-refractivity contribution in [3.8, 4) is 11.1 Å². The van der Waals surface area contributed by atoms with Crippen LogP contribution in [0.25, 0.3) is 22.1 Å². The monoisotopic (exact) mass is 208 g/mol. The Kier molecular flexibility index (Phi) is 2.03. The molecule has 0 unspecified atom stereocenters. The minimum Gasteiger partial charge on any atom is -0.461 e. The van der Waals surface area contributed by atoms with Crippen molar-refractivity contribution in [1.82, 2.24) is 0 Å². The zero-order chi connectivity index (χ0) is 11.0. The highest BCUT2D eigenvalue weighted by Crippen LogP contribution is 2.30. The van der Waals surface area contributed by atoms with Gasteiger partial charge in [0.15, 0.2) is 0 Å². The van der Waals surface area contributed by atoms with Crippen LogP contribution in [-0.4, -0.2) is 0 Å². The maximum Gasteiger partial charge on any atom is 0.142 e. The smallest absolute Gasteiger partial charge is 0.142 e. The second-order valence-corrected chi connectivity index (χ2v) is 3.95. The molecule has 0 bridgehead atoms. The minimum absolute atomic E-state index is 0.957. The van der Waals surface area contributed by atoms with Gasteiger partial charge in [-0.1, -0.05) is 48.5 Å². The third kappa shape index (κ3) is 1.41. The van der Waals surface area contributed by atoms with Gasteiger partial charge in [0.25, 0.3) is 0 Å². The molecule has 0 spiro atoms. The maximum absolute atomic E-state index is 5.75. The van der Waals surface area contributed by atoms with Gasteiger partial charge < -0.3 is 4.42 Å². The van der Waals surface area contributed by atoms with Gasteiger partial charge in [0, 0.05) is 10.9 Å². The summed E-state index contributed by atoms with van der Waals surface area (Å²) in [5.41, 5.74) is 3.33. The largest absolute Gasteiger partial charge is 0.461 e. The molecule has 0 aliphatic carbocycles. The van der Waals surface area contributed by atoms with E-state index in [1.54, 1.807) is 0 Å². The van der Waals surface area contributed by atoms with Crippen LogP contribution in [0.4, 0.5) is 0 Å². The Morgan fingerprint density at radius 1 is 0.875 bits per heavy atom. The van der Waals surface area contributed by atoms with Gasteiger partial charge in [-0.25, -0.2) is 0 Å². The van der Waals surface area contributed by atoms with E-state index in [0.29, 0.717) is 0 Å². The summed E-state index contributed by atoms with van der Waals surface area (Å²) in [5, 5.41) is 1.17. The van der Waals surface area contributed by atoms with Gasteiger partial charge in [-0.15, -0.1) is 0 Å². The summed E-state index contributed by atoms with van der Waals surface area (Å²) < 4.78 is 5.75. The molecular formula is C15H12O. The van der Waals surface area contributed by atoms with Gasteiger partial charge in [-0.05, 0) is 18.6 Å². The third-order valence-electron chi connectivity index (χ3n) is 2.75. The molecule has 1 heterocycles. The highest BCUT2D eigenvalue weighted by atomic mass is 16.3. The van der Waals surface area contributed by atoms with Crippen LogP contribution in [-0.2, 0) is 0 Å². The fourth-order valence-corrected chi connectivity index (χ4v) is 2.04. The molecule has 2 aromatic carbocycles. The Bertz CT molecular complexity index is 620. The average molecular weight is 208 g/mol. The first kappa shape index (κ1) is 9.22. The van der Waals surface area contributed by atoms with E-state index in [0.717, 1.165) is 16.9 Å². The first-order chi connectivity index (χ1) is 7.84. The summed E-state index contributed by atoms with van der Waals surface area (Å²) in [6, 6.07) is 18.6. The molecule has 0 saturated heterocycles. The van der Waals surface area contributed by atoms with Gasteiger partial charge in [0.05, 0.1) is 0 Å². The van der Waals surface area contributed by atoms with Crippen molar-refractivity contribution in [1.29, 1.82) is 0 Å². The van der Waals surface area contributed by atoms with Crippen molar-refractivity contribution in [3.63, 3.8) is 0 Å². The topological polar surface area (TPSA) is 13.1 Å². The second kappa shape index (κ2) is 3.53. The molecule has 0 saturated carbocycles. The molecule has 0 fully saturated rings. The van der Waals surface area contributed by atoms with Crippen LogP contribution in [0.1, 0.15) is 5.76 Å². The Morgan fingerprint density at radius 3 is 2.50 bits per heavy atom. The Labute approximate surface area is 94.3 Å². The van der Waals surface area contributed by atoms with Crippen LogP contribution in [0.3, 0.4) is 0 Å². The Hall–Kier alpha value is -2.02. The van der Waals surface area contributed by atoms with E-state index in [4.69, 9.17) is 4.42 Å².